The molecule has 1 heterocycles. The van der Waals surface area contributed by atoms with Gasteiger partial charge in [-0.15, -0.1) is 0 Å². The Labute approximate surface area is 124 Å². The van der Waals surface area contributed by atoms with Crippen LogP contribution in [-0.2, 0) is 4.79 Å². The van der Waals surface area contributed by atoms with Crippen LogP contribution in [0.1, 0.15) is 29.9 Å². The zero-order chi connectivity index (χ0) is 14.7. The number of aliphatic carboxylic acids is 1. The zero-order valence-corrected chi connectivity index (χ0v) is 11.9. The fourth-order valence-corrected chi connectivity index (χ4v) is 3.50. The highest BCUT2D eigenvalue weighted by Gasteiger charge is 2.48. The first kappa shape index (κ1) is 13.8. The molecule has 3 nitrogen and oxygen atoms in total. The molecule has 1 saturated heterocycles. The molecule has 3 rings (SSSR count). The van der Waals surface area contributed by atoms with Crippen LogP contribution in [0.4, 0.5) is 0 Å². The van der Waals surface area contributed by atoms with Crippen molar-refractivity contribution in [3.63, 3.8) is 0 Å². The monoisotopic (exact) mass is 281 g/mol. The normalized spacial score (nSPS) is 21.6. The summed E-state index contributed by atoms with van der Waals surface area (Å²) < 4.78 is 0. The molecular weight excluding hydrogens is 262 g/mol. The largest absolute Gasteiger partial charge is 0.544 e. The number of carboxylic acids is 1. The topological polar surface area (TPSA) is 56.7 Å². The van der Waals surface area contributed by atoms with E-state index in [9.17, 15) is 9.90 Å². The van der Waals surface area contributed by atoms with Crippen LogP contribution >= 0.6 is 0 Å². The molecule has 0 amide bonds. The Balaban J connectivity index is 2.15. The third-order valence-corrected chi connectivity index (χ3v) is 4.46. The van der Waals surface area contributed by atoms with Gasteiger partial charge in [0.05, 0.1) is 12.5 Å². The summed E-state index contributed by atoms with van der Waals surface area (Å²) in [7, 11) is 0. The Morgan fingerprint density at radius 2 is 1.52 bits per heavy atom. The van der Waals surface area contributed by atoms with Crippen LogP contribution in [-0.4, -0.2) is 18.1 Å². The molecule has 21 heavy (non-hydrogen) atoms. The van der Waals surface area contributed by atoms with Crippen LogP contribution in [0, 0.1) is 0 Å². The lowest BCUT2D eigenvalue weighted by molar-refractivity contribution is -0.702. The summed E-state index contributed by atoms with van der Waals surface area (Å²) in [6, 6.07) is 19.8. The van der Waals surface area contributed by atoms with Crippen LogP contribution in [0.2, 0.25) is 0 Å². The maximum Gasteiger partial charge on any atom is 0.147 e. The summed E-state index contributed by atoms with van der Waals surface area (Å²) in [6.07, 6.45) is 1.55. The summed E-state index contributed by atoms with van der Waals surface area (Å²) in [5, 5.41) is 13.9. The van der Waals surface area contributed by atoms with E-state index in [4.69, 9.17) is 0 Å². The number of rotatable bonds is 4. The molecular formula is C18H19NO2. The summed E-state index contributed by atoms with van der Waals surface area (Å²) >= 11 is 0. The van der Waals surface area contributed by atoms with Crippen molar-refractivity contribution in [2.75, 3.05) is 6.54 Å². The Hall–Kier alpha value is -2.13. The molecule has 0 spiro atoms. The number of carboxylic acid groups (broad SMARTS) is 1. The highest BCUT2D eigenvalue weighted by molar-refractivity contribution is 5.77. The summed E-state index contributed by atoms with van der Waals surface area (Å²) in [6.45, 7) is 0.837. The highest BCUT2D eigenvalue weighted by atomic mass is 16.4. The molecule has 0 bridgehead atoms. The van der Waals surface area contributed by atoms with Gasteiger partial charge in [-0.1, -0.05) is 60.7 Å². The van der Waals surface area contributed by atoms with Crippen LogP contribution in [0.15, 0.2) is 60.7 Å². The van der Waals surface area contributed by atoms with E-state index in [0.717, 1.165) is 24.1 Å². The molecule has 2 aromatic rings. The van der Waals surface area contributed by atoms with Gasteiger partial charge in [0.2, 0.25) is 0 Å². The van der Waals surface area contributed by atoms with E-state index in [1.54, 1.807) is 0 Å². The van der Waals surface area contributed by atoms with E-state index >= 15 is 0 Å². The van der Waals surface area contributed by atoms with E-state index in [0.29, 0.717) is 6.42 Å². The Kier molecular flexibility index (Phi) is 3.76. The second-order valence-electron chi connectivity index (χ2n) is 5.68. The van der Waals surface area contributed by atoms with Crippen molar-refractivity contribution in [3.8, 4) is 0 Å². The third-order valence-electron chi connectivity index (χ3n) is 4.46. The average Bonchev–Trinajstić information content (AvgIpc) is 3.00. The molecule has 2 N–H and O–H groups in total. The first-order chi connectivity index (χ1) is 10.2. The maximum atomic E-state index is 12.0. The number of carbonyl (C=O) groups excluding carboxylic acids is 1. The van der Waals surface area contributed by atoms with Gasteiger partial charge < -0.3 is 15.2 Å². The van der Waals surface area contributed by atoms with E-state index in [1.165, 1.54) is 0 Å². The number of hydrogen-bond acceptors (Lipinski definition) is 2. The van der Waals surface area contributed by atoms with Crippen LogP contribution in [0.5, 0.6) is 0 Å². The van der Waals surface area contributed by atoms with E-state index < -0.39 is 11.5 Å². The smallest absolute Gasteiger partial charge is 0.147 e. The first-order valence-corrected chi connectivity index (χ1v) is 7.40. The van der Waals surface area contributed by atoms with Crippen LogP contribution in [0.25, 0.3) is 0 Å². The van der Waals surface area contributed by atoms with Gasteiger partial charge in [0.15, 0.2) is 0 Å². The standard InChI is InChI=1S/C18H19NO2/c20-17(21)18(12-7-13-19-18)16(14-8-3-1-4-9-14)15-10-5-2-6-11-15/h1-6,8-11,16,19H,7,12-13H2,(H,20,21)/t18-/m0/s1. The molecule has 1 fully saturated rings. The lowest BCUT2D eigenvalue weighted by atomic mass is 9.74. The van der Waals surface area contributed by atoms with Gasteiger partial charge in [-0.05, 0) is 11.1 Å². The van der Waals surface area contributed by atoms with Gasteiger partial charge in [0, 0.05) is 12.8 Å². The minimum absolute atomic E-state index is 0.188. The van der Waals surface area contributed by atoms with Gasteiger partial charge in [-0.2, -0.15) is 0 Å². The van der Waals surface area contributed by atoms with E-state index in [1.807, 2.05) is 66.0 Å². The molecule has 0 radical (unpaired) electrons. The van der Waals surface area contributed by atoms with Crippen molar-refractivity contribution < 1.29 is 15.2 Å². The molecule has 0 aliphatic carbocycles. The second kappa shape index (κ2) is 5.70. The minimum Gasteiger partial charge on any atom is -0.544 e. The van der Waals surface area contributed by atoms with Crippen molar-refractivity contribution in [3.05, 3.63) is 71.8 Å². The molecule has 1 aliphatic heterocycles. The van der Waals surface area contributed by atoms with Gasteiger partial charge in [0.1, 0.15) is 11.5 Å². The fraction of sp³-hybridized carbons (Fsp3) is 0.278. The van der Waals surface area contributed by atoms with E-state index in [-0.39, 0.29) is 5.92 Å². The molecule has 1 aliphatic rings. The van der Waals surface area contributed by atoms with Gasteiger partial charge in [-0.3, -0.25) is 0 Å². The van der Waals surface area contributed by atoms with Crippen LogP contribution < -0.4 is 10.4 Å². The molecule has 0 aromatic heterocycles. The number of nitrogens with two attached hydrogens (primary N) is 1. The van der Waals surface area contributed by atoms with E-state index in [2.05, 4.69) is 0 Å². The predicted octanol–water partition coefficient (Wildman–Crippen LogP) is 0.664. The Bertz CT molecular complexity index is 564. The minimum atomic E-state index is -0.960. The lowest BCUT2D eigenvalue weighted by Crippen LogP contribution is -2.98. The van der Waals surface area contributed by atoms with Gasteiger partial charge in [-0.25, -0.2) is 0 Å². The number of carbonyl (C=O) groups is 1. The van der Waals surface area contributed by atoms with Crippen molar-refractivity contribution >= 4 is 5.97 Å². The first-order valence-electron chi connectivity index (χ1n) is 7.40. The lowest BCUT2D eigenvalue weighted by Gasteiger charge is -2.36. The molecule has 0 unspecified atom stereocenters. The quantitative estimate of drug-likeness (QED) is 0.895. The van der Waals surface area contributed by atoms with Gasteiger partial charge >= 0.3 is 0 Å². The second-order valence-corrected chi connectivity index (χ2v) is 5.68. The summed E-state index contributed by atoms with van der Waals surface area (Å²) in [4.78, 5) is 12.0. The highest BCUT2D eigenvalue weighted by Crippen LogP contribution is 2.36. The van der Waals surface area contributed by atoms with Crippen molar-refractivity contribution in [2.45, 2.75) is 24.3 Å². The molecule has 3 heteroatoms. The van der Waals surface area contributed by atoms with Crippen molar-refractivity contribution in [1.82, 2.24) is 0 Å². The maximum absolute atomic E-state index is 12.0. The Morgan fingerprint density at radius 3 is 1.90 bits per heavy atom. The Morgan fingerprint density at radius 1 is 1.00 bits per heavy atom. The van der Waals surface area contributed by atoms with Crippen LogP contribution in [0.3, 0.4) is 0 Å². The summed E-state index contributed by atoms with van der Waals surface area (Å²) in [5.74, 6) is -1.15. The van der Waals surface area contributed by atoms with Crippen molar-refractivity contribution in [2.24, 2.45) is 0 Å². The fourth-order valence-electron chi connectivity index (χ4n) is 3.50. The predicted molar refractivity (Wildman–Crippen MR) is 78.5 cm³/mol. The average molecular weight is 281 g/mol. The molecule has 108 valence electrons. The number of hydrogen-bond donors (Lipinski definition) is 1. The third kappa shape index (κ3) is 2.45. The van der Waals surface area contributed by atoms with Crippen molar-refractivity contribution in [1.29, 1.82) is 0 Å². The molecule has 1 atom stereocenters. The molecule has 0 saturated carbocycles. The number of quaternary nitrogens is 1. The molecule has 2 aromatic carbocycles. The van der Waals surface area contributed by atoms with Gasteiger partial charge in [0.25, 0.3) is 0 Å². The summed E-state index contributed by atoms with van der Waals surface area (Å²) in [5.41, 5.74) is 1.17. The number of benzene rings is 2. The SMILES string of the molecule is O=C([O-])[C@@]1(C(c2ccccc2)c2ccccc2)CCC[NH2+]1. The zero-order valence-electron chi connectivity index (χ0n) is 11.9.